The monoisotopic (exact) mass is 494 g/mol. The van der Waals surface area contributed by atoms with Crippen LogP contribution < -0.4 is 10.6 Å². The fourth-order valence-corrected chi connectivity index (χ4v) is 7.26. The molecule has 5 unspecified atom stereocenters. The van der Waals surface area contributed by atoms with E-state index in [1.165, 1.54) is 11.3 Å². The molecule has 0 spiro atoms. The number of hydrogen-bond acceptors (Lipinski definition) is 7. The van der Waals surface area contributed by atoms with E-state index < -0.39 is 11.5 Å². The summed E-state index contributed by atoms with van der Waals surface area (Å²) in [6, 6.07) is -0.156. The van der Waals surface area contributed by atoms with Crippen LogP contribution in [-0.4, -0.2) is 77.1 Å². The lowest BCUT2D eigenvalue weighted by atomic mass is 9.47. The van der Waals surface area contributed by atoms with Crippen LogP contribution in [0.5, 0.6) is 0 Å². The third kappa shape index (κ3) is 4.57. The molecule has 0 radical (unpaired) electrons. The van der Waals surface area contributed by atoms with E-state index in [-0.39, 0.29) is 48.3 Å². The van der Waals surface area contributed by atoms with Gasteiger partial charge in [0.2, 0.25) is 5.91 Å². The predicted molar refractivity (Wildman–Crippen MR) is 130 cm³/mol. The molecule has 2 fully saturated rings. The number of carbonyl (C=O) groups excluding carboxylic acids is 2. The van der Waals surface area contributed by atoms with Gasteiger partial charge in [0.1, 0.15) is 0 Å². The molecule has 5 atom stereocenters. The Kier molecular flexibility index (Phi) is 7.24. The van der Waals surface area contributed by atoms with E-state index in [0.29, 0.717) is 44.3 Å². The molecule has 190 valence electrons. The highest BCUT2D eigenvalue weighted by Crippen LogP contribution is 2.62. The van der Waals surface area contributed by atoms with E-state index >= 15 is 0 Å². The Morgan fingerprint density at radius 2 is 2.00 bits per heavy atom. The Balaban J connectivity index is 1.67. The number of morpholine rings is 1. The first kappa shape index (κ1) is 25.3. The Labute approximate surface area is 205 Å². The number of hydrogen-bond donors (Lipinski definition) is 4. The van der Waals surface area contributed by atoms with Crippen molar-refractivity contribution in [2.75, 3.05) is 38.2 Å². The fourth-order valence-electron chi connectivity index (χ4n) is 6.20. The summed E-state index contributed by atoms with van der Waals surface area (Å²) in [5.74, 6) is -0.207. The van der Waals surface area contributed by atoms with Gasteiger partial charge in [0.25, 0.3) is 0 Å². The van der Waals surface area contributed by atoms with Gasteiger partial charge in [0.15, 0.2) is 5.13 Å². The molecule has 10 heteroatoms. The Hall–Kier alpha value is -1.75. The van der Waals surface area contributed by atoms with E-state index in [2.05, 4.69) is 17.6 Å². The van der Waals surface area contributed by atoms with Crippen molar-refractivity contribution in [3.63, 3.8) is 0 Å². The highest BCUT2D eigenvalue weighted by molar-refractivity contribution is 7.15. The molecule has 1 saturated carbocycles. The maximum absolute atomic E-state index is 12.9. The second-order valence-corrected chi connectivity index (χ2v) is 11.9. The van der Waals surface area contributed by atoms with Crippen LogP contribution in [0.15, 0.2) is 0 Å². The lowest BCUT2D eigenvalue weighted by molar-refractivity contribution is -0.144. The molecule has 2 aliphatic carbocycles. The van der Waals surface area contributed by atoms with Crippen molar-refractivity contribution in [1.82, 2.24) is 15.2 Å². The minimum Gasteiger partial charge on any atom is -0.396 e. The molecule has 2 heterocycles. The quantitative estimate of drug-likeness (QED) is 0.498. The third-order valence-corrected chi connectivity index (χ3v) is 9.25. The molecule has 34 heavy (non-hydrogen) atoms. The van der Waals surface area contributed by atoms with Gasteiger partial charge in [-0.15, -0.1) is 11.3 Å². The minimum atomic E-state index is -0.668. The SMILES string of the molecule is CC(C)NC(=O)CC1c2nc(NC(=O)N3CCOCC3)sc2CC2C(C)(CO)C(O)CCC12C. The second kappa shape index (κ2) is 9.72. The van der Waals surface area contributed by atoms with Gasteiger partial charge in [-0.25, -0.2) is 9.78 Å². The molecule has 4 rings (SSSR count). The first-order chi connectivity index (χ1) is 16.1. The summed E-state index contributed by atoms with van der Waals surface area (Å²) < 4.78 is 5.34. The number of aromatic nitrogens is 1. The maximum Gasteiger partial charge on any atom is 0.323 e. The van der Waals surface area contributed by atoms with E-state index in [4.69, 9.17) is 9.72 Å². The molecule has 1 saturated heterocycles. The molecule has 3 aliphatic rings. The molecular weight excluding hydrogens is 456 g/mol. The van der Waals surface area contributed by atoms with E-state index in [9.17, 15) is 19.8 Å². The summed E-state index contributed by atoms with van der Waals surface area (Å²) in [5, 5.41) is 27.7. The predicted octanol–water partition coefficient (Wildman–Crippen LogP) is 2.34. The minimum absolute atomic E-state index is 0.0126. The number of anilines is 1. The molecule has 0 bridgehead atoms. The van der Waals surface area contributed by atoms with Crippen molar-refractivity contribution >= 4 is 28.4 Å². The molecule has 1 aromatic heterocycles. The number of amides is 3. The largest absolute Gasteiger partial charge is 0.396 e. The fraction of sp³-hybridized carbons (Fsp3) is 0.792. The number of fused-ring (bicyclic) bond motifs is 2. The molecule has 9 nitrogen and oxygen atoms in total. The van der Waals surface area contributed by atoms with Gasteiger partial charge < -0.3 is 25.2 Å². The number of urea groups is 1. The van der Waals surface area contributed by atoms with E-state index in [0.717, 1.165) is 17.0 Å². The highest BCUT2D eigenvalue weighted by atomic mass is 32.1. The average molecular weight is 495 g/mol. The first-order valence-electron chi connectivity index (χ1n) is 12.3. The number of carbonyl (C=O) groups is 2. The van der Waals surface area contributed by atoms with Gasteiger partial charge in [-0.2, -0.15) is 0 Å². The highest BCUT2D eigenvalue weighted by Gasteiger charge is 2.59. The van der Waals surface area contributed by atoms with Crippen molar-refractivity contribution in [3.05, 3.63) is 10.6 Å². The lowest BCUT2D eigenvalue weighted by Crippen LogP contribution is -2.57. The van der Waals surface area contributed by atoms with Gasteiger partial charge in [0.05, 0.1) is 31.6 Å². The summed E-state index contributed by atoms with van der Waals surface area (Å²) in [5.41, 5.74) is -0.104. The zero-order valence-electron chi connectivity index (χ0n) is 20.6. The van der Waals surface area contributed by atoms with Crippen molar-refractivity contribution < 1.29 is 24.5 Å². The molecular formula is C24H38N4O5S. The number of aliphatic hydroxyl groups is 2. The van der Waals surface area contributed by atoms with Gasteiger partial charge in [0, 0.05) is 41.8 Å². The number of aliphatic hydroxyl groups excluding tert-OH is 2. The van der Waals surface area contributed by atoms with Crippen molar-refractivity contribution in [2.45, 2.75) is 71.4 Å². The topological polar surface area (TPSA) is 124 Å². The van der Waals surface area contributed by atoms with Crippen LogP contribution in [0.25, 0.3) is 0 Å². The van der Waals surface area contributed by atoms with Crippen LogP contribution >= 0.6 is 11.3 Å². The normalized spacial score (nSPS) is 33.3. The zero-order chi connectivity index (χ0) is 24.7. The smallest absolute Gasteiger partial charge is 0.323 e. The summed E-state index contributed by atoms with van der Waals surface area (Å²) in [7, 11) is 0. The van der Waals surface area contributed by atoms with Crippen LogP contribution in [0, 0.1) is 16.7 Å². The molecule has 4 N–H and O–H groups in total. The summed E-state index contributed by atoms with van der Waals surface area (Å²) in [4.78, 5) is 33.3. The molecule has 1 aromatic rings. The van der Waals surface area contributed by atoms with Crippen molar-refractivity contribution in [2.24, 2.45) is 16.7 Å². The van der Waals surface area contributed by atoms with E-state index in [1.54, 1.807) is 4.90 Å². The maximum atomic E-state index is 12.9. The van der Waals surface area contributed by atoms with Crippen LogP contribution in [0.3, 0.4) is 0 Å². The van der Waals surface area contributed by atoms with Crippen molar-refractivity contribution in [1.29, 1.82) is 0 Å². The lowest BCUT2D eigenvalue weighted by Gasteiger charge is -2.58. The molecule has 3 amide bonds. The summed E-state index contributed by atoms with van der Waals surface area (Å²) in [6.45, 7) is 10.0. The summed E-state index contributed by atoms with van der Waals surface area (Å²) in [6.07, 6.45) is 1.67. The standard InChI is InChI=1S/C24H38N4O5S/c1-14(2)25-19(31)11-15-20-16(12-17-23(15,3)6-5-18(30)24(17,4)13-29)34-21(26-20)27-22(32)28-7-9-33-10-8-28/h14-15,17-18,29-30H,5-13H2,1-4H3,(H,25,31)(H,26,27,32). The second-order valence-electron chi connectivity index (χ2n) is 10.8. The van der Waals surface area contributed by atoms with Gasteiger partial charge in [-0.3, -0.25) is 10.1 Å². The van der Waals surface area contributed by atoms with Crippen LogP contribution in [-0.2, 0) is 16.0 Å². The van der Waals surface area contributed by atoms with Gasteiger partial charge in [-0.1, -0.05) is 13.8 Å². The number of nitrogens with one attached hydrogen (secondary N) is 2. The molecule has 0 aromatic carbocycles. The number of ether oxygens (including phenoxy) is 1. The van der Waals surface area contributed by atoms with E-state index in [1.807, 2.05) is 20.8 Å². The Morgan fingerprint density at radius 3 is 2.65 bits per heavy atom. The average Bonchev–Trinajstić information content (AvgIpc) is 3.20. The van der Waals surface area contributed by atoms with Crippen LogP contribution in [0.1, 0.15) is 63.4 Å². The number of rotatable bonds is 5. The van der Waals surface area contributed by atoms with Gasteiger partial charge >= 0.3 is 6.03 Å². The Morgan fingerprint density at radius 1 is 1.29 bits per heavy atom. The number of thiazole rings is 1. The number of nitrogens with zero attached hydrogens (tertiary/aromatic N) is 2. The zero-order valence-corrected chi connectivity index (χ0v) is 21.4. The van der Waals surface area contributed by atoms with Crippen molar-refractivity contribution in [3.8, 4) is 0 Å². The molecule has 1 aliphatic heterocycles. The summed E-state index contributed by atoms with van der Waals surface area (Å²) >= 11 is 1.44. The van der Waals surface area contributed by atoms with Crippen LogP contribution in [0.4, 0.5) is 9.93 Å². The van der Waals surface area contributed by atoms with Crippen LogP contribution in [0.2, 0.25) is 0 Å². The Bertz CT molecular complexity index is 917. The first-order valence-corrected chi connectivity index (χ1v) is 13.1. The third-order valence-electron chi connectivity index (χ3n) is 8.25. The van der Waals surface area contributed by atoms with Gasteiger partial charge in [-0.05, 0) is 44.4 Å².